The summed E-state index contributed by atoms with van der Waals surface area (Å²) in [6.07, 6.45) is 2.06. The van der Waals surface area contributed by atoms with E-state index in [1.54, 1.807) is 0 Å². The molecule has 23 heavy (non-hydrogen) atoms. The first-order valence-corrected chi connectivity index (χ1v) is 8.94. The number of hydrogen-bond acceptors (Lipinski definition) is 3. The van der Waals surface area contributed by atoms with Crippen molar-refractivity contribution in [2.45, 2.75) is 58.2 Å². The molecule has 0 aliphatic heterocycles. The monoisotopic (exact) mass is 382 g/mol. The Labute approximate surface area is 147 Å². The van der Waals surface area contributed by atoms with Crippen LogP contribution in [0.5, 0.6) is 0 Å². The van der Waals surface area contributed by atoms with Crippen LogP contribution in [0.15, 0.2) is 28.7 Å². The highest BCUT2D eigenvalue weighted by molar-refractivity contribution is 9.10. The number of carbonyl (C=O) groups excluding carboxylic acids is 1. The molecule has 0 heterocycles. The zero-order valence-electron chi connectivity index (χ0n) is 14.4. The second kappa shape index (κ2) is 7.22. The van der Waals surface area contributed by atoms with Crippen molar-refractivity contribution < 1.29 is 9.53 Å². The molecule has 4 nitrogen and oxygen atoms in total. The first kappa shape index (κ1) is 18.3. The number of nitrogens with one attached hydrogen (secondary N) is 2. The van der Waals surface area contributed by atoms with Gasteiger partial charge in [0, 0.05) is 23.1 Å². The fourth-order valence-electron chi connectivity index (χ4n) is 2.59. The third-order valence-corrected chi connectivity index (χ3v) is 4.56. The number of benzene rings is 1. The minimum absolute atomic E-state index is 0.112. The minimum atomic E-state index is -0.468. The van der Waals surface area contributed by atoms with E-state index < -0.39 is 5.60 Å². The molecular weight excluding hydrogens is 356 g/mol. The van der Waals surface area contributed by atoms with Crippen molar-refractivity contribution in [3.05, 3.63) is 34.3 Å². The van der Waals surface area contributed by atoms with Crippen LogP contribution in [0.1, 0.15) is 46.1 Å². The maximum absolute atomic E-state index is 11.9. The molecule has 2 rings (SSSR count). The molecule has 1 aromatic rings. The molecule has 0 aromatic heterocycles. The van der Waals surface area contributed by atoms with Crippen LogP contribution >= 0.6 is 15.9 Å². The van der Waals surface area contributed by atoms with Crippen LogP contribution in [0.2, 0.25) is 0 Å². The van der Waals surface area contributed by atoms with Crippen LogP contribution in [0.4, 0.5) is 4.79 Å². The number of hydrogen-bond donors (Lipinski definition) is 2. The maximum Gasteiger partial charge on any atom is 0.407 e. The van der Waals surface area contributed by atoms with Gasteiger partial charge in [-0.05, 0) is 64.2 Å². The molecule has 2 N–H and O–H groups in total. The number of ether oxygens (including phenoxy) is 1. The van der Waals surface area contributed by atoms with Gasteiger partial charge in [-0.15, -0.1) is 0 Å². The normalized spacial score (nSPS) is 17.4. The lowest BCUT2D eigenvalue weighted by Gasteiger charge is -2.32. The summed E-state index contributed by atoms with van der Waals surface area (Å²) < 4.78 is 6.41. The Morgan fingerprint density at radius 2 is 2.00 bits per heavy atom. The fraction of sp³-hybridized carbons (Fsp3) is 0.611. The van der Waals surface area contributed by atoms with E-state index in [0.717, 1.165) is 11.0 Å². The lowest BCUT2D eigenvalue weighted by Crippen LogP contribution is -2.53. The van der Waals surface area contributed by atoms with Crippen molar-refractivity contribution in [1.82, 2.24) is 10.6 Å². The zero-order valence-corrected chi connectivity index (χ0v) is 16.0. The molecule has 0 saturated heterocycles. The summed E-state index contributed by atoms with van der Waals surface area (Å²) >= 11 is 3.50. The Hall–Kier alpha value is -1.07. The molecule has 1 aliphatic carbocycles. The summed E-state index contributed by atoms with van der Waals surface area (Å²) in [6.45, 7) is 9.15. The van der Waals surface area contributed by atoms with Crippen molar-refractivity contribution in [2.24, 2.45) is 5.92 Å². The van der Waals surface area contributed by atoms with Gasteiger partial charge in [0.2, 0.25) is 0 Å². The lowest BCUT2D eigenvalue weighted by molar-refractivity contribution is 0.0507. The highest BCUT2D eigenvalue weighted by Crippen LogP contribution is 2.39. The summed E-state index contributed by atoms with van der Waals surface area (Å²) in [6, 6.07) is 8.27. The predicted molar refractivity (Wildman–Crippen MR) is 96.3 cm³/mol. The van der Waals surface area contributed by atoms with Crippen molar-refractivity contribution in [1.29, 1.82) is 0 Å². The standard InChI is InChI=1S/C18H27BrN2O2/c1-17(2,3)23-16(22)20-12-18(4,14-8-9-14)21-11-13-6-5-7-15(19)10-13/h5-7,10,14,21H,8-9,11-12H2,1-4H3,(H,20,22). The maximum atomic E-state index is 11.9. The van der Waals surface area contributed by atoms with Crippen molar-refractivity contribution in [3.63, 3.8) is 0 Å². The summed E-state index contributed by atoms with van der Waals surface area (Å²) in [4.78, 5) is 11.9. The molecule has 1 unspecified atom stereocenters. The number of halogens is 1. The van der Waals surface area contributed by atoms with Crippen LogP contribution in [-0.2, 0) is 11.3 Å². The smallest absolute Gasteiger partial charge is 0.407 e. The van der Waals surface area contributed by atoms with Gasteiger partial charge in [0.05, 0.1) is 0 Å². The first-order chi connectivity index (χ1) is 10.7. The number of carbonyl (C=O) groups is 1. The molecule has 1 fully saturated rings. The molecule has 1 saturated carbocycles. The van der Waals surface area contributed by atoms with Crippen LogP contribution in [0, 0.1) is 5.92 Å². The second-order valence-electron chi connectivity index (χ2n) is 7.53. The summed E-state index contributed by atoms with van der Waals surface area (Å²) in [5, 5.41) is 6.54. The van der Waals surface area contributed by atoms with E-state index >= 15 is 0 Å². The molecule has 5 heteroatoms. The highest BCUT2D eigenvalue weighted by atomic mass is 79.9. The summed E-state index contributed by atoms with van der Waals surface area (Å²) in [5.74, 6) is 0.601. The number of amides is 1. The van der Waals surface area contributed by atoms with E-state index in [-0.39, 0.29) is 11.6 Å². The molecule has 0 spiro atoms. The molecule has 1 aliphatic rings. The molecule has 1 aromatic carbocycles. The minimum Gasteiger partial charge on any atom is -0.444 e. The van der Waals surface area contributed by atoms with Gasteiger partial charge in [-0.3, -0.25) is 0 Å². The quantitative estimate of drug-likeness (QED) is 0.773. The number of alkyl carbamates (subject to hydrolysis) is 1. The molecule has 0 bridgehead atoms. The fourth-order valence-corrected chi connectivity index (χ4v) is 3.04. The van der Waals surface area contributed by atoms with E-state index in [1.165, 1.54) is 18.4 Å². The Kier molecular flexibility index (Phi) is 5.74. The van der Waals surface area contributed by atoms with Gasteiger partial charge in [0.15, 0.2) is 0 Å². The topological polar surface area (TPSA) is 50.4 Å². The third-order valence-electron chi connectivity index (χ3n) is 4.06. The average Bonchev–Trinajstić information content (AvgIpc) is 3.26. The van der Waals surface area contributed by atoms with Gasteiger partial charge in [-0.1, -0.05) is 28.1 Å². The number of rotatable bonds is 6. The van der Waals surface area contributed by atoms with Gasteiger partial charge in [0.1, 0.15) is 5.60 Å². The van der Waals surface area contributed by atoms with Gasteiger partial charge in [-0.25, -0.2) is 4.79 Å². The Bertz CT molecular complexity index is 552. The van der Waals surface area contributed by atoms with Crippen molar-refractivity contribution in [3.8, 4) is 0 Å². The van der Waals surface area contributed by atoms with Gasteiger partial charge in [-0.2, -0.15) is 0 Å². The largest absolute Gasteiger partial charge is 0.444 e. The Morgan fingerprint density at radius 3 is 2.57 bits per heavy atom. The SMILES string of the molecule is CC(C)(C)OC(=O)NCC(C)(NCc1cccc(Br)c1)C1CC1. The van der Waals surface area contributed by atoms with Gasteiger partial charge >= 0.3 is 6.09 Å². The van der Waals surface area contributed by atoms with E-state index in [9.17, 15) is 4.79 Å². The Morgan fingerprint density at radius 1 is 1.30 bits per heavy atom. The van der Waals surface area contributed by atoms with Crippen molar-refractivity contribution >= 4 is 22.0 Å². The van der Waals surface area contributed by atoms with Gasteiger partial charge < -0.3 is 15.4 Å². The lowest BCUT2D eigenvalue weighted by atomic mass is 9.95. The van der Waals surface area contributed by atoms with Crippen molar-refractivity contribution in [2.75, 3.05) is 6.54 Å². The summed E-state index contributed by atoms with van der Waals surface area (Å²) in [5.41, 5.74) is 0.645. The second-order valence-corrected chi connectivity index (χ2v) is 8.45. The van der Waals surface area contributed by atoms with Crippen LogP contribution in [0.25, 0.3) is 0 Å². The first-order valence-electron chi connectivity index (χ1n) is 8.14. The van der Waals surface area contributed by atoms with Crippen LogP contribution in [-0.4, -0.2) is 23.8 Å². The molecule has 0 radical (unpaired) electrons. The third kappa shape index (κ3) is 6.15. The van der Waals surface area contributed by atoms with E-state index in [2.05, 4.69) is 45.6 Å². The van der Waals surface area contributed by atoms with Crippen LogP contribution < -0.4 is 10.6 Å². The average molecular weight is 383 g/mol. The van der Waals surface area contributed by atoms with E-state index in [1.807, 2.05) is 32.9 Å². The van der Waals surface area contributed by atoms with Crippen LogP contribution in [0.3, 0.4) is 0 Å². The summed E-state index contributed by atoms with van der Waals surface area (Å²) in [7, 11) is 0. The van der Waals surface area contributed by atoms with Gasteiger partial charge in [0.25, 0.3) is 0 Å². The molecular formula is C18H27BrN2O2. The molecule has 128 valence electrons. The molecule has 1 amide bonds. The van der Waals surface area contributed by atoms with E-state index in [4.69, 9.17) is 4.74 Å². The zero-order chi connectivity index (χ0) is 17.1. The predicted octanol–water partition coefficient (Wildman–Crippen LogP) is 4.23. The molecule has 1 atom stereocenters. The van der Waals surface area contributed by atoms with E-state index in [0.29, 0.717) is 12.5 Å². The Balaban J connectivity index is 1.90. The highest BCUT2D eigenvalue weighted by Gasteiger charge is 2.41.